The summed E-state index contributed by atoms with van der Waals surface area (Å²) in [6, 6.07) is 3.22. The molecular formula is C15H29N3. The normalized spacial score (nSPS) is 28.6. The van der Waals surface area contributed by atoms with Gasteiger partial charge in [-0.05, 0) is 59.8 Å². The molecule has 0 aromatic carbocycles. The van der Waals surface area contributed by atoms with E-state index in [2.05, 4.69) is 29.8 Å². The quantitative estimate of drug-likeness (QED) is 0.680. The van der Waals surface area contributed by atoms with Crippen LogP contribution in [0.25, 0.3) is 0 Å². The first-order valence-corrected chi connectivity index (χ1v) is 7.34. The molecule has 0 saturated heterocycles. The van der Waals surface area contributed by atoms with Gasteiger partial charge in [0.1, 0.15) is 5.54 Å². The minimum absolute atomic E-state index is 0.208. The zero-order valence-electron chi connectivity index (χ0n) is 12.6. The molecule has 1 aliphatic carbocycles. The van der Waals surface area contributed by atoms with Crippen LogP contribution in [0.2, 0.25) is 0 Å². The van der Waals surface area contributed by atoms with Gasteiger partial charge < -0.3 is 4.90 Å². The van der Waals surface area contributed by atoms with Gasteiger partial charge in [0, 0.05) is 6.04 Å². The fraction of sp³-hybridized carbons (Fsp3) is 0.933. The Morgan fingerprint density at radius 2 is 1.78 bits per heavy atom. The van der Waals surface area contributed by atoms with E-state index in [9.17, 15) is 5.26 Å². The van der Waals surface area contributed by atoms with Crippen molar-refractivity contribution < 1.29 is 0 Å². The SMILES string of the molecule is CCCCCN(C)C1CCC(C#N)(N(C)C)CC1. The molecule has 0 aromatic rings. The molecule has 0 amide bonds. The van der Waals surface area contributed by atoms with Crippen molar-refractivity contribution in [1.29, 1.82) is 5.26 Å². The van der Waals surface area contributed by atoms with E-state index in [0.717, 1.165) is 25.7 Å². The summed E-state index contributed by atoms with van der Waals surface area (Å²) < 4.78 is 0. The average molecular weight is 251 g/mol. The van der Waals surface area contributed by atoms with E-state index in [1.54, 1.807) is 0 Å². The lowest BCUT2D eigenvalue weighted by molar-refractivity contribution is 0.0980. The Morgan fingerprint density at radius 1 is 1.17 bits per heavy atom. The number of rotatable bonds is 6. The molecule has 1 fully saturated rings. The van der Waals surface area contributed by atoms with Crippen molar-refractivity contribution in [3.63, 3.8) is 0 Å². The fourth-order valence-corrected chi connectivity index (χ4v) is 2.97. The first kappa shape index (κ1) is 15.5. The molecule has 0 heterocycles. The summed E-state index contributed by atoms with van der Waals surface area (Å²) in [5, 5.41) is 9.40. The lowest BCUT2D eigenvalue weighted by atomic mass is 9.79. The molecule has 0 radical (unpaired) electrons. The van der Waals surface area contributed by atoms with E-state index in [4.69, 9.17) is 0 Å². The highest BCUT2D eigenvalue weighted by molar-refractivity contribution is 5.09. The van der Waals surface area contributed by atoms with Crippen LogP contribution in [0, 0.1) is 11.3 Å². The summed E-state index contributed by atoms with van der Waals surface area (Å²) in [6.07, 6.45) is 8.27. The van der Waals surface area contributed by atoms with Crippen molar-refractivity contribution in [2.24, 2.45) is 0 Å². The third-order valence-corrected chi connectivity index (χ3v) is 4.58. The van der Waals surface area contributed by atoms with Crippen LogP contribution in [-0.4, -0.2) is 49.1 Å². The topological polar surface area (TPSA) is 30.3 Å². The summed E-state index contributed by atoms with van der Waals surface area (Å²) in [7, 11) is 6.32. The number of nitriles is 1. The molecule has 1 aliphatic rings. The van der Waals surface area contributed by atoms with Gasteiger partial charge in [0.15, 0.2) is 0 Å². The summed E-state index contributed by atoms with van der Waals surface area (Å²) >= 11 is 0. The summed E-state index contributed by atoms with van der Waals surface area (Å²) in [6.45, 7) is 3.46. The lowest BCUT2D eigenvalue weighted by Crippen LogP contribution is -2.49. The van der Waals surface area contributed by atoms with Gasteiger partial charge in [0.05, 0.1) is 6.07 Å². The van der Waals surface area contributed by atoms with Crippen molar-refractivity contribution in [2.45, 2.75) is 63.5 Å². The molecule has 18 heavy (non-hydrogen) atoms. The zero-order chi connectivity index (χ0) is 13.6. The zero-order valence-corrected chi connectivity index (χ0v) is 12.6. The van der Waals surface area contributed by atoms with Crippen LogP contribution in [0.3, 0.4) is 0 Å². The summed E-state index contributed by atoms with van der Waals surface area (Å²) in [5.74, 6) is 0. The molecular weight excluding hydrogens is 222 g/mol. The van der Waals surface area contributed by atoms with E-state index >= 15 is 0 Å². The van der Waals surface area contributed by atoms with Crippen molar-refractivity contribution in [1.82, 2.24) is 9.80 Å². The predicted molar refractivity (Wildman–Crippen MR) is 76.4 cm³/mol. The molecule has 0 atom stereocenters. The molecule has 0 aromatic heterocycles. The predicted octanol–water partition coefficient (Wildman–Crippen LogP) is 2.87. The third kappa shape index (κ3) is 3.70. The number of hydrogen-bond acceptors (Lipinski definition) is 3. The van der Waals surface area contributed by atoms with Crippen LogP contribution < -0.4 is 0 Å². The Balaban J connectivity index is 2.41. The van der Waals surface area contributed by atoms with E-state index in [-0.39, 0.29) is 5.54 Å². The van der Waals surface area contributed by atoms with Gasteiger partial charge in [-0.15, -0.1) is 0 Å². The number of unbranched alkanes of at least 4 members (excludes halogenated alkanes) is 2. The Labute approximate surface area is 113 Å². The van der Waals surface area contributed by atoms with Gasteiger partial charge in [-0.1, -0.05) is 19.8 Å². The van der Waals surface area contributed by atoms with Crippen LogP contribution in [0.5, 0.6) is 0 Å². The molecule has 3 heteroatoms. The number of nitrogens with zero attached hydrogens (tertiary/aromatic N) is 3. The van der Waals surface area contributed by atoms with Gasteiger partial charge in [-0.2, -0.15) is 5.26 Å². The van der Waals surface area contributed by atoms with E-state index in [0.29, 0.717) is 6.04 Å². The van der Waals surface area contributed by atoms with Crippen molar-refractivity contribution in [2.75, 3.05) is 27.7 Å². The Morgan fingerprint density at radius 3 is 2.22 bits per heavy atom. The maximum Gasteiger partial charge on any atom is 0.108 e. The lowest BCUT2D eigenvalue weighted by Gasteiger charge is -2.42. The van der Waals surface area contributed by atoms with Crippen LogP contribution in [0.1, 0.15) is 51.9 Å². The van der Waals surface area contributed by atoms with Crippen LogP contribution >= 0.6 is 0 Å². The average Bonchev–Trinajstić information content (AvgIpc) is 2.38. The maximum absolute atomic E-state index is 9.40. The third-order valence-electron chi connectivity index (χ3n) is 4.58. The molecule has 0 unspecified atom stereocenters. The van der Waals surface area contributed by atoms with Gasteiger partial charge >= 0.3 is 0 Å². The van der Waals surface area contributed by atoms with Gasteiger partial charge in [-0.3, -0.25) is 4.90 Å². The highest BCUT2D eigenvalue weighted by Crippen LogP contribution is 2.33. The van der Waals surface area contributed by atoms with Crippen molar-refractivity contribution >= 4 is 0 Å². The maximum atomic E-state index is 9.40. The molecule has 0 spiro atoms. The number of hydrogen-bond donors (Lipinski definition) is 0. The molecule has 104 valence electrons. The smallest absolute Gasteiger partial charge is 0.108 e. The van der Waals surface area contributed by atoms with Gasteiger partial charge in [-0.25, -0.2) is 0 Å². The summed E-state index contributed by atoms with van der Waals surface area (Å²) in [5.41, 5.74) is -0.208. The van der Waals surface area contributed by atoms with Crippen LogP contribution in [0.4, 0.5) is 0 Å². The van der Waals surface area contributed by atoms with E-state index in [1.807, 2.05) is 14.1 Å². The molecule has 1 saturated carbocycles. The highest BCUT2D eigenvalue weighted by atomic mass is 15.2. The second kappa shape index (κ2) is 7.11. The van der Waals surface area contributed by atoms with Gasteiger partial charge in [0.25, 0.3) is 0 Å². The Hall–Kier alpha value is -0.590. The van der Waals surface area contributed by atoms with Crippen LogP contribution in [-0.2, 0) is 0 Å². The molecule has 3 nitrogen and oxygen atoms in total. The first-order valence-electron chi connectivity index (χ1n) is 7.34. The molecule has 0 N–H and O–H groups in total. The second-order valence-corrected chi connectivity index (χ2v) is 5.96. The monoisotopic (exact) mass is 251 g/mol. The van der Waals surface area contributed by atoms with Crippen LogP contribution in [0.15, 0.2) is 0 Å². The first-order chi connectivity index (χ1) is 8.55. The van der Waals surface area contributed by atoms with E-state index < -0.39 is 0 Å². The Kier molecular flexibility index (Phi) is 6.11. The minimum atomic E-state index is -0.208. The Bertz CT molecular complexity index is 272. The highest BCUT2D eigenvalue weighted by Gasteiger charge is 2.38. The second-order valence-electron chi connectivity index (χ2n) is 5.96. The minimum Gasteiger partial charge on any atom is -0.303 e. The van der Waals surface area contributed by atoms with E-state index in [1.165, 1.54) is 25.8 Å². The van der Waals surface area contributed by atoms with Gasteiger partial charge in [0.2, 0.25) is 0 Å². The van der Waals surface area contributed by atoms with Crippen molar-refractivity contribution in [3.05, 3.63) is 0 Å². The molecule has 1 rings (SSSR count). The largest absolute Gasteiger partial charge is 0.303 e. The molecule has 0 aliphatic heterocycles. The summed E-state index contributed by atoms with van der Waals surface area (Å²) in [4.78, 5) is 4.62. The van der Waals surface area contributed by atoms with Crippen molar-refractivity contribution in [3.8, 4) is 6.07 Å². The standard InChI is InChI=1S/C15H29N3/c1-5-6-7-12-18(4)14-8-10-15(13-16,11-9-14)17(2)3/h14H,5-12H2,1-4H3. The molecule has 0 bridgehead atoms. The fourth-order valence-electron chi connectivity index (χ4n) is 2.97.